The summed E-state index contributed by atoms with van der Waals surface area (Å²) in [6, 6.07) is 14.0. The minimum Gasteiger partial charge on any atom is -0.496 e. The SMILES string of the molecule is CC.CC(Oc1ccc(-c2ccc3nnc(C(C)(F)F)n3n2)cn1)C(F)(F)F.COc1cc(C(C)(C)OC)ccc1-c1ccc2nnc(C(F)(F)F)n2n1. The van der Waals surface area contributed by atoms with Crippen LogP contribution in [0.1, 0.15) is 58.8 Å². The van der Waals surface area contributed by atoms with Crippen LogP contribution in [0.2, 0.25) is 0 Å². The maximum absolute atomic E-state index is 13.5. The first-order chi connectivity index (χ1) is 25.2. The molecule has 0 saturated carbocycles. The van der Waals surface area contributed by atoms with Gasteiger partial charge in [0, 0.05) is 37.4 Å². The molecule has 6 rings (SSSR count). The Morgan fingerprint density at radius 3 is 1.78 bits per heavy atom. The number of aromatic nitrogens is 9. The molecule has 0 radical (unpaired) electrons. The molecule has 0 N–H and O–H groups in total. The summed E-state index contributed by atoms with van der Waals surface area (Å²) >= 11 is 0. The lowest BCUT2D eigenvalue weighted by Gasteiger charge is -2.24. The molecule has 54 heavy (non-hydrogen) atoms. The fourth-order valence-electron chi connectivity index (χ4n) is 4.57. The lowest BCUT2D eigenvalue weighted by molar-refractivity contribution is -0.189. The number of nitrogens with zero attached hydrogens (tertiary/aromatic N) is 9. The van der Waals surface area contributed by atoms with Gasteiger partial charge >= 0.3 is 18.3 Å². The third-order valence-corrected chi connectivity index (χ3v) is 7.65. The molecule has 0 aliphatic rings. The van der Waals surface area contributed by atoms with Crippen LogP contribution < -0.4 is 9.47 Å². The van der Waals surface area contributed by atoms with Crippen LogP contribution in [0.4, 0.5) is 35.1 Å². The first-order valence-corrected chi connectivity index (χ1v) is 16.1. The normalized spacial score (nSPS) is 12.8. The topological polar surface area (TPSA) is 127 Å². The van der Waals surface area contributed by atoms with Crippen molar-refractivity contribution in [3.63, 3.8) is 0 Å². The summed E-state index contributed by atoms with van der Waals surface area (Å²) in [6.07, 6.45) is -9.94. The van der Waals surface area contributed by atoms with Gasteiger partial charge in [0.25, 0.3) is 5.82 Å². The van der Waals surface area contributed by atoms with E-state index >= 15 is 0 Å². The lowest BCUT2D eigenvalue weighted by Crippen LogP contribution is -2.31. The quantitative estimate of drug-likeness (QED) is 0.139. The molecule has 1 atom stereocenters. The van der Waals surface area contributed by atoms with Crippen molar-refractivity contribution >= 4 is 11.3 Å². The minimum atomic E-state index is -4.65. The van der Waals surface area contributed by atoms with Gasteiger partial charge in [-0.3, -0.25) is 0 Å². The minimum absolute atomic E-state index is 0.0113. The number of alkyl halides is 8. The summed E-state index contributed by atoms with van der Waals surface area (Å²) < 4.78 is 121. The smallest absolute Gasteiger partial charge is 0.453 e. The molecule has 5 aromatic heterocycles. The number of ether oxygens (including phenoxy) is 3. The van der Waals surface area contributed by atoms with E-state index in [1.807, 2.05) is 33.8 Å². The number of benzene rings is 1. The summed E-state index contributed by atoms with van der Waals surface area (Å²) in [5, 5.41) is 21.8. The standard InChI is InChI=1S/C17H17F3N4O2.C15H12F5N5O.C2H6/c1-16(2,26-4)10-5-6-11(13(9-10)25-3)12-7-8-14-21-22-15(17(18,19)20)24(14)23-12;1-8(15(18,19)20)26-12-6-3-9(7-21-12)10-4-5-11-22-23-13(14(2,16)17)25(11)24-10;1-2/h5-9H,1-4H3;3-8H,1-2H3;1-2H3. The molecular formula is C34H35F8N9O3. The van der Waals surface area contributed by atoms with E-state index in [1.165, 1.54) is 43.6 Å². The molecule has 20 heteroatoms. The molecule has 0 bridgehead atoms. The van der Waals surface area contributed by atoms with Gasteiger partial charge in [0.05, 0.1) is 24.1 Å². The predicted octanol–water partition coefficient (Wildman–Crippen LogP) is 8.35. The van der Waals surface area contributed by atoms with E-state index in [0.29, 0.717) is 34.0 Å². The highest BCUT2D eigenvalue weighted by Gasteiger charge is 2.39. The number of rotatable bonds is 8. The third-order valence-electron chi connectivity index (χ3n) is 7.65. The first-order valence-electron chi connectivity index (χ1n) is 16.1. The van der Waals surface area contributed by atoms with E-state index in [1.54, 1.807) is 25.3 Å². The van der Waals surface area contributed by atoms with Crippen molar-refractivity contribution < 1.29 is 49.3 Å². The Hall–Kier alpha value is -5.53. The maximum atomic E-state index is 13.5. The van der Waals surface area contributed by atoms with E-state index < -0.39 is 41.6 Å². The summed E-state index contributed by atoms with van der Waals surface area (Å²) in [5.41, 5.74) is 1.99. The molecule has 6 aromatic rings. The molecule has 1 unspecified atom stereocenters. The van der Waals surface area contributed by atoms with Gasteiger partial charge in [0.1, 0.15) is 5.75 Å². The fourth-order valence-corrected chi connectivity index (χ4v) is 4.57. The van der Waals surface area contributed by atoms with Gasteiger partial charge in [-0.15, -0.1) is 20.4 Å². The Balaban J connectivity index is 0.000000230. The van der Waals surface area contributed by atoms with Gasteiger partial charge in [0.2, 0.25) is 11.7 Å². The average Bonchev–Trinajstić information content (AvgIpc) is 3.77. The average molecular weight is 770 g/mol. The van der Waals surface area contributed by atoms with Crippen LogP contribution in [0.25, 0.3) is 33.8 Å². The van der Waals surface area contributed by atoms with Gasteiger partial charge in [-0.05, 0) is 68.8 Å². The number of fused-ring (bicyclic) bond motifs is 2. The molecular weight excluding hydrogens is 734 g/mol. The number of hydrogen-bond donors (Lipinski definition) is 0. The molecule has 5 heterocycles. The highest BCUT2D eigenvalue weighted by atomic mass is 19.4. The molecule has 0 aliphatic carbocycles. The molecule has 0 saturated heterocycles. The Morgan fingerprint density at radius 2 is 1.26 bits per heavy atom. The van der Waals surface area contributed by atoms with Crippen LogP contribution >= 0.6 is 0 Å². The number of halogens is 8. The van der Waals surface area contributed by atoms with Crippen LogP contribution in [-0.4, -0.2) is 71.1 Å². The second-order valence-electron chi connectivity index (χ2n) is 11.7. The monoisotopic (exact) mass is 769 g/mol. The summed E-state index contributed by atoms with van der Waals surface area (Å²) in [4.78, 5) is 3.80. The van der Waals surface area contributed by atoms with Crippen molar-refractivity contribution in [3.8, 4) is 34.1 Å². The van der Waals surface area contributed by atoms with Crippen LogP contribution in [0, 0.1) is 0 Å². The molecule has 0 spiro atoms. The summed E-state index contributed by atoms with van der Waals surface area (Å²) in [5.74, 6) is -4.79. The van der Waals surface area contributed by atoms with Gasteiger partial charge in [0.15, 0.2) is 17.4 Å². The molecule has 0 aliphatic heterocycles. The Labute approximate surface area is 303 Å². The van der Waals surface area contributed by atoms with Crippen LogP contribution in [0.5, 0.6) is 11.6 Å². The van der Waals surface area contributed by atoms with Crippen molar-refractivity contribution in [1.29, 1.82) is 0 Å². The largest absolute Gasteiger partial charge is 0.496 e. The van der Waals surface area contributed by atoms with E-state index in [0.717, 1.165) is 17.0 Å². The van der Waals surface area contributed by atoms with Crippen LogP contribution in [0.15, 0.2) is 60.8 Å². The second-order valence-corrected chi connectivity index (χ2v) is 11.7. The molecule has 0 fully saturated rings. The highest BCUT2D eigenvalue weighted by Crippen LogP contribution is 2.35. The number of hydrogen-bond acceptors (Lipinski definition) is 10. The molecule has 0 amide bonds. The fraction of sp³-hybridized carbons (Fsp3) is 0.382. The van der Waals surface area contributed by atoms with Gasteiger partial charge in [-0.1, -0.05) is 19.9 Å². The Morgan fingerprint density at radius 1 is 0.685 bits per heavy atom. The zero-order valence-electron chi connectivity index (χ0n) is 30.1. The number of pyridine rings is 1. The first kappa shape index (κ1) is 41.2. The van der Waals surface area contributed by atoms with Crippen molar-refractivity contribution in [2.24, 2.45) is 0 Å². The van der Waals surface area contributed by atoms with Crippen molar-refractivity contribution in [1.82, 2.24) is 44.6 Å². The lowest BCUT2D eigenvalue weighted by atomic mass is 9.95. The van der Waals surface area contributed by atoms with Crippen molar-refractivity contribution in [2.45, 2.75) is 71.5 Å². The van der Waals surface area contributed by atoms with Gasteiger partial charge in [-0.25, -0.2) is 4.98 Å². The van der Waals surface area contributed by atoms with Crippen molar-refractivity contribution in [2.75, 3.05) is 14.2 Å². The van der Waals surface area contributed by atoms with Crippen LogP contribution in [-0.2, 0) is 22.4 Å². The van der Waals surface area contributed by atoms with E-state index in [-0.39, 0.29) is 22.9 Å². The Bertz CT molecular complexity index is 2180. The number of methoxy groups -OCH3 is 2. The zero-order valence-corrected chi connectivity index (χ0v) is 30.1. The molecule has 12 nitrogen and oxygen atoms in total. The van der Waals surface area contributed by atoms with E-state index in [9.17, 15) is 35.1 Å². The molecule has 1 aromatic carbocycles. The highest BCUT2D eigenvalue weighted by molar-refractivity contribution is 5.68. The second kappa shape index (κ2) is 15.8. The van der Waals surface area contributed by atoms with Crippen LogP contribution in [0.3, 0.4) is 0 Å². The Kier molecular flexibility index (Phi) is 12.1. The summed E-state index contributed by atoms with van der Waals surface area (Å²) in [6.45, 7) is 9.34. The summed E-state index contributed by atoms with van der Waals surface area (Å²) in [7, 11) is 3.08. The predicted molar refractivity (Wildman–Crippen MR) is 179 cm³/mol. The van der Waals surface area contributed by atoms with E-state index in [4.69, 9.17) is 14.2 Å². The van der Waals surface area contributed by atoms with Gasteiger partial charge in [-0.2, -0.15) is 54.4 Å². The molecule has 290 valence electrons. The van der Waals surface area contributed by atoms with E-state index in [2.05, 4.69) is 35.6 Å². The van der Waals surface area contributed by atoms with Gasteiger partial charge < -0.3 is 14.2 Å². The third kappa shape index (κ3) is 9.15. The maximum Gasteiger partial charge on any atom is 0.453 e. The zero-order chi connectivity index (χ0) is 40.2. The van der Waals surface area contributed by atoms with Crippen molar-refractivity contribution in [3.05, 3.63) is 78.0 Å².